The third kappa shape index (κ3) is 11.8. The molecule has 12 heteroatoms. The molecule has 0 bridgehead atoms. The number of hydrogen-bond acceptors (Lipinski definition) is 9. The lowest BCUT2D eigenvalue weighted by atomic mass is 10.1. The summed E-state index contributed by atoms with van der Waals surface area (Å²) in [7, 11) is 2.48. The van der Waals surface area contributed by atoms with E-state index in [1.54, 1.807) is 25.7 Å². The van der Waals surface area contributed by atoms with Crippen molar-refractivity contribution < 1.29 is 47.3 Å². The van der Waals surface area contributed by atoms with Gasteiger partial charge in [0.2, 0.25) is 5.67 Å². The first-order chi connectivity index (χ1) is 17.5. The summed E-state index contributed by atoms with van der Waals surface area (Å²) in [5.41, 5.74) is -3.24. The molecule has 3 fully saturated rings. The van der Waals surface area contributed by atoms with Gasteiger partial charge in [-0.1, -0.05) is 0 Å². The van der Waals surface area contributed by atoms with E-state index in [1.165, 1.54) is 24.9 Å². The molecule has 0 spiro atoms. The molecule has 0 aromatic rings. The quantitative estimate of drug-likeness (QED) is 0.375. The van der Waals surface area contributed by atoms with E-state index >= 15 is 0 Å². The molecule has 0 aliphatic carbocycles. The molecule has 0 aromatic heterocycles. The lowest BCUT2D eigenvalue weighted by Gasteiger charge is -2.24. The fourth-order valence-corrected chi connectivity index (χ4v) is 3.73. The Morgan fingerprint density at radius 1 is 0.842 bits per heavy atom. The first-order valence-corrected chi connectivity index (χ1v) is 12.9. The highest BCUT2D eigenvalue weighted by atomic mass is 19.1. The van der Waals surface area contributed by atoms with Crippen LogP contribution in [0.3, 0.4) is 0 Å². The van der Waals surface area contributed by atoms with Crippen molar-refractivity contribution in [3.8, 4) is 0 Å². The van der Waals surface area contributed by atoms with E-state index in [4.69, 9.17) is 14.2 Å². The summed E-state index contributed by atoms with van der Waals surface area (Å²) >= 11 is 0. The number of nitrogens with zero attached hydrogens (tertiary/aromatic N) is 2. The van der Waals surface area contributed by atoms with Crippen LogP contribution in [-0.2, 0) is 33.3 Å². The van der Waals surface area contributed by atoms with Gasteiger partial charge in [0.15, 0.2) is 0 Å². The van der Waals surface area contributed by atoms with Gasteiger partial charge in [0.1, 0.15) is 11.2 Å². The second-order valence-corrected chi connectivity index (χ2v) is 11.4. The Morgan fingerprint density at radius 3 is 1.79 bits per heavy atom. The normalized spacial score (nSPS) is 22.9. The van der Waals surface area contributed by atoms with Gasteiger partial charge in [-0.25, -0.2) is 18.8 Å². The maximum Gasteiger partial charge on any atom is 0.410 e. The van der Waals surface area contributed by atoms with Crippen molar-refractivity contribution in [2.24, 2.45) is 5.92 Å². The van der Waals surface area contributed by atoms with Crippen molar-refractivity contribution in [1.29, 1.82) is 0 Å². The first-order valence-electron chi connectivity index (χ1n) is 12.9. The monoisotopic (exact) mass is 548 g/mol. The van der Waals surface area contributed by atoms with Crippen molar-refractivity contribution >= 4 is 24.1 Å². The van der Waals surface area contributed by atoms with E-state index in [1.807, 2.05) is 20.8 Å². The molecule has 1 unspecified atom stereocenters. The van der Waals surface area contributed by atoms with Gasteiger partial charge in [-0.2, -0.15) is 0 Å². The second-order valence-electron chi connectivity index (χ2n) is 11.4. The van der Waals surface area contributed by atoms with Crippen LogP contribution in [0.25, 0.3) is 0 Å². The maximum absolute atomic E-state index is 14.0. The Morgan fingerprint density at radius 2 is 1.37 bits per heavy atom. The number of ether oxygens (including phenoxy) is 5. The number of alkyl halides is 1. The summed E-state index contributed by atoms with van der Waals surface area (Å²) in [4.78, 5) is 48.5. The van der Waals surface area contributed by atoms with Crippen LogP contribution < -0.4 is 0 Å². The van der Waals surface area contributed by atoms with E-state index in [0.29, 0.717) is 19.5 Å². The van der Waals surface area contributed by atoms with Crippen molar-refractivity contribution in [3.05, 3.63) is 0 Å². The van der Waals surface area contributed by atoms with Crippen LogP contribution in [-0.4, -0.2) is 104 Å². The molecule has 0 radical (unpaired) electrons. The number of methoxy groups -OCH3 is 2. The summed E-state index contributed by atoms with van der Waals surface area (Å²) < 4.78 is 38.3. The third-order valence-electron chi connectivity index (χ3n) is 5.62. The van der Waals surface area contributed by atoms with E-state index in [9.17, 15) is 23.6 Å². The van der Waals surface area contributed by atoms with Crippen LogP contribution >= 0.6 is 0 Å². The smallest absolute Gasteiger partial charge is 0.410 e. The van der Waals surface area contributed by atoms with Crippen LogP contribution in [0.2, 0.25) is 0 Å². The van der Waals surface area contributed by atoms with Gasteiger partial charge in [0, 0.05) is 39.3 Å². The number of esters is 2. The Hall–Kier alpha value is -2.63. The van der Waals surface area contributed by atoms with Crippen molar-refractivity contribution in [1.82, 2.24) is 9.80 Å². The standard InChI is InChI=1S/C11H18FNO4.C11H19NO4.C4H8O/c1-10(2,3)17-9(15)13-6-5-11(12,7-13)8(14)16-4;1-11(2,3)16-10(14)12-6-5-8(7-12)9(13)15-4;1-2-4-5-3-1/h5-7H2,1-4H3;8H,5-7H2,1-4H3;1-4H2/t;8-;/m.1./s1. The average molecular weight is 549 g/mol. The van der Waals surface area contributed by atoms with Gasteiger partial charge in [-0.3, -0.25) is 4.79 Å². The fraction of sp³-hybridized carbons (Fsp3) is 0.846. The number of hydrogen-bond donors (Lipinski definition) is 0. The van der Waals surface area contributed by atoms with Crippen LogP contribution in [0.4, 0.5) is 14.0 Å². The van der Waals surface area contributed by atoms with E-state index in [2.05, 4.69) is 9.47 Å². The largest absolute Gasteiger partial charge is 0.469 e. The molecule has 2 amide bonds. The van der Waals surface area contributed by atoms with Gasteiger partial charge < -0.3 is 33.5 Å². The highest BCUT2D eigenvalue weighted by molar-refractivity contribution is 5.82. The summed E-state index contributed by atoms with van der Waals surface area (Å²) in [6.07, 6.45) is 2.17. The van der Waals surface area contributed by atoms with Crippen LogP contribution in [0, 0.1) is 5.92 Å². The zero-order valence-electron chi connectivity index (χ0n) is 24.1. The molecule has 0 aromatic carbocycles. The highest BCUT2D eigenvalue weighted by Crippen LogP contribution is 2.28. The Labute approximate surface area is 225 Å². The van der Waals surface area contributed by atoms with Crippen molar-refractivity contribution in [2.45, 2.75) is 84.1 Å². The minimum atomic E-state index is -2.11. The number of likely N-dealkylation sites (tertiary alicyclic amines) is 2. The molecule has 0 saturated carbocycles. The molecule has 38 heavy (non-hydrogen) atoms. The predicted molar refractivity (Wildman–Crippen MR) is 136 cm³/mol. The van der Waals surface area contributed by atoms with E-state index < -0.39 is 28.9 Å². The Bertz CT molecular complexity index is 798. The Kier molecular flexibility index (Phi) is 12.7. The second kappa shape index (κ2) is 14.5. The molecular weight excluding hydrogens is 503 g/mol. The number of halogens is 1. The minimum Gasteiger partial charge on any atom is -0.469 e. The molecular formula is C26H45FN2O9. The first kappa shape index (κ1) is 33.4. The summed E-state index contributed by atoms with van der Waals surface area (Å²) in [5, 5.41) is 0. The third-order valence-corrected chi connectivity index (χ3v) is 5.62. The molecule has 3 rings (SSSR count). The lowest BCUT2D eigenvalue weighted by Crippen LogP contribution is -2.41. The molecule has 3 aliphatic rings. The fourth-order valence-electron chi connectivity index (χ4n) is 3.73. The molecule has 220 valence electrons. The summed E-state index contributed by atoms with van der Waals surface area (Å²) in [5.74, 6) is -1.41. The topological polar surface area (TPSA) is 121 Å². The minimum absolute atomic E-state index is 0.0566. The zero-order valence-corrected chi connectivity index (χ0v) is 24.1. The van der Waals surface area contributed by atoms with Gasteiger partial charge >= 0.3 is 24.1 Å². The predicted octanol–water partition coefficient (Wildman–Crippen LogP) is 3.72. The molecule has 3 heterocycles. The zero-order chi connectivity index (χ0) is 29.1. The van der Waals surface area contributed by atoms with Crippen molar-refractivity contribution in [2.75, 3.05) is 53.6 Å². The number of amides is 2. The molecule has 11 nitrogen and oxygen atoms in total. The van der Waals surface area contributed by atoms with Gasteiger partial charge in [0.25, 0.3) is 0 Å². The van der Waals surface area contributed by atoms with Crippen LogP contribution in [0.1, 0.15) is 67.2 Å². The maximum atomic E-state index is 14.0. The number of carbonyl (C=O) groups is 4. The molecule has 3 saturated heterocycles. The van der Waals surface area contributed by atoms with Gasteiger partial charge in [-0.05, 0) is 60.8 Å². The summed E-state index contributed by atoms with van der Waals surface area (Å²) in [6.45, 7) is 13.4. The summed E-state index contributed by atoms with van der Waals surface area (Å²) in [6, 6.07) is 0. The number of carbonyl (C=O) groups excluding carboxylic acids is 4. The average Bonchev–Trinajstić information content (AvgIpc) is 3.59. The number of rotatable bonds is 2. The highest BCUT2D eigenvalue weighted by Gasteiger charge is 2.48. The Balaban J connectivity index is 0.000000321. The molecule has 2 atom stereocenters. The molecule has 0 N–H and O–H groups in total. The van der Waals surface area contributed by atoms with E-state index in [-0.39, 0.29) is 37.5 Å². The molecule has 3 aliphatic heterocycles. The van der Waals surface area contributed by atoms with Gasteiger partial charge in [0.05, 0.1) is 26.7 Å². The van der Waals surface area contributed by atoms with Crippen LogP contribution in [0.15, 0.2) is 0 Å². The van der Waals surface area contributed by atoms with Crippen molar-refractivity contribution in [3.63, 3.8) is 0 Å². The van der Waals surface area contributed by atoms with Gasteiger partial charge in [-0.15, -0.1) is 0 Å². The SMILES string of the molecule is C1CCOC1.COC(=O)C1(F)CCN(C(=O)OC(C)(C)C)C1.COC(=O)[C@@H]1CCN(C(=O)OC(C)(C)C)C1. The lowest BCUT2D eigenvalue weighted by molar-refractivity contribution is -0.153. The van der Waals surface area contributed by atoms with Crippen LogP contribution in [0.5, 0.6) is 0 Å². The van der Waals surface area contributed by atoms with E-state index in [0.717, 1.165) is 20.3 Å².